The minimum absolute atomic E-state index is 0.0511. The van der Waals surface area contributed by atoms with Gasteiger partial charge in [0.1, 0.15) is 10.7 Å². The SMILES string of the molecule is Cc1nnsc1C(=O)Cc1ccc(F)cc1Br. The van der Waals surface area contributed by atoms with Gasteiger partial charge in [-0.25, -0.2) is 4.39 Å². The third kappa shape index (κ3) is 2.76. The molecule has 6 heteroatoms. The lowest BCUT2D eigenvalue weighted by Crippen LogP contribution is -2.04. The van der Waals surface area contributed by atoms with Gasteiger partial charge >= 0.3 is 0 Å². The zero-order chi connectivity index (χ0) is 12.4. The Kier molecular flexibility index (Phi) is 3.63. The molecule has 0 atom stereocenters. The van der Waals surface area contributed by atoms with E-state index in [9.17, 15) is 9.18 Å². The number of carbonyl (C=O) groups excluding carboxylic acids is 1. The maximum Gasteiger partial charge on any atom is 0.180 e. The van der Waals surface area contributed by atoms with E-state index in [4.69, 9.17) is 0 Å². The summed E-state index contributed by atoms with van der Waals surface area (Å²) in [4.78, 5) is 12.5. The molecule has 0 bridgehead atoms. The van der Waals surface area contributed by atoms with Crippen LogP contribution in [0.5, 0.6) is 0 Å². The highest BCUT2D eigenvalue weighted by Crippen LogP contribution is 2.21. The van der Waals surface area contributed by atoms with Crippen molar-refractivity contribution in [2.45, 2.75) is 13.3 Å². The number of hydrogen-bond acceptors (Lipinski definition) is 4. The van der Waals surface area contributed by atoms with Crippen molar-refractivity contribution in [3.05, 3.63) is 44.6 Å². The van der Waals surface area contributed by atoms with Crippen LogP contribution in [-0.2, 0) is 6.42 Å². The fourth-order valence-electron chi connectivity index (χ4n) is 1.40. The summed E-state index contributed by atoms with van der Waals surface area (Å²) in [6.45, 7) is 1.75. The molecule has 0 amide bonds. The number of hydrogen-bond donors (Lipinski definition) is 0. The first-order valence-electron chi connectivity index (χ1n) is 4.84. The van der Waals surface area contributed by atoms with Crippen LogP contribution < -0.4 is 0 Å². The summed E-state index contributed by atoms with van der Waals surface area (Å²) in [6, 6.07) is 4.28. The highest BCUT2D eigenvalue weighted by atomic mass is 79.9. The summed E-state index contributed by atoms with van der Waals surface area (Å²) in [5, 5.41) is 3.79. The Morgan fingerprint density at radius 1 is 1.53 bits per heavy atom. The van der Waals surface area contributed by atoms with Crippen molar-refractivity contribution < 1.29 is 9.18 Å². The molecular weight excluding hydrogens is 307 g/mol. The maximum absolute atomic E-state index is 12.9. The van der Waals surface area contributed by atoms with Gasteiger partial charge < -0.3 is 0 Å². The van der Waals surface area contributed by atoms with E-state index in [1.165, 1.54) is 12.1 Å². The lowest BCUT2D eigenvalue weighted by atomic mass is 10.1. The average molecular weight is 315 g/mol. The van der Waals surface area contributed by atoms with E-state index >= 15 is 0 Å². The number of carbonyl (C=O) groups is 1. The van der Waals surface area contributed by atoms with Gasteiger partial charge in [0.15, 0.2) is 5.78 Å². The predicted octanol–water partition coefficient (Wildman–Crippen LogP) is 3.17. The van der Waals surface area contributed by atoms with Crippen LogP contribution in [-0.4, -0.2) is 15.4 Å². The van der Waals surface area contributed by atoms with Crippen molar-refractivity contribution in [2.24, 2.45) is 0 Å². The van der Waals surface area contributed by atoms with Crippen molar-refractivity contribution in [1.29, 1.82) is 0 Å². The normalized spacial score (nSPS) is 10.5. The first-order chi connectivity index (χ1) is 8.08. The van der Waals surface area contributed by atoms with Crippen molar-refractivity contribution in [3.8, 4) is 0 Å². The molecular formula is C11H8BrFN2OS. The largest absolute Gasteiger partial charge is 0.293 e. The molecule has 0 aliphatic heterocycles. The Hall–Kier alpha value is -1.14. The Morgan fingerprint density at radius 2 is 2.29 bits per heavy atom. The Balaban J connectivity index is 2.22. The first-order valence-corrected chi connectivity index (χ1v) is 6.40. The van der Waals surface area contributed by atoms with Crippen LogP contribution in [0, 0.1) is 12.7 Å². The monoisotopic (exact) mass is 314 g/mol. The smallest absolute Gasteiger partial charge is 0.180 e. The number of ketones is 1. The molecule has 0 aliphatic carbocycles. The van der Waals surface area contributed by atoms with Crippen LogP contribution in [0.3, 0.4) is 0 Å². The van der Waals surface area contributed by atoms with Crippen LogP contribution >= 0.6 is 27.5 Å². The molecule has 0 radical (unpaired) electrons. The van der Waals surface area contributed by atoms with E-state index < -0.39 is 0 Å². The zero-order valence-corrected chi connectivity index (χ0v) is 11.3. The molecule has 88 valence electrons. The lowest BCUT2D eigenvalue weighted by Gasteiger charge is -2.02. The number of benzene rings is 1. The topological polar surface area (TPSA) is 42.9 Å². The van der Waals surface area contributed by atoms with Crippen molar-refractivity contribution in [2.75, 3.05) is 0 Å². The number of Topliss-reactive ketones (excluding diaryl/α,β-unsaturated/α-hetero) is 1. The zero-order valence-electron chi connectivity index (χ0n) is 8.91. The molecule has 0 saturated heterocycles. The molecule has 0 saturated carbocycles. The van der Waals surface area contributed by atoms with Crippen LogP contribution in [0.4, 0.5) is 4.39 Å². The molecule has 1 heterocycles. The molecule has 0 spiro atoms. The second-order valence-corrected chi connectivity index (χ2v) is 5.13. The van der Waals surface area contributed by atoms with Crippen molar-refractivity contribution >= 4 is 33.2 Å². The van der Waals surface area contributed by atoms with E-state index in [1.807, 2.05) is 0 Å². The van der Waals surface area contributed by atoms with Crippen molar-refractivity contribution in [3.63, 3.8) is 0 Å². The molecule has 2 aromatic rings. The lowest BCUT2D eigenvalue weighted by molar-refractivity contribution is 0.0996. The highest BCUT2D eigenvalue weighted by molar-refractivity contribution is 9.10. The van der Waals surface area contributed by atoms with Gasteiger partial charge in [0.05, 0.1) is 5.69 Å². The molecule has 0 aliphatic rings. The summed E-state index contributed by atoms with van der Waals surface area (Å²) in [5.41, 5.74) is 1.39. The average Bonchev–Trinajstić information content (AvgIpc) is 2.68. The number of nitrogens with zero attached hydrogens (tertiary/aromatic N) is 2. The van der Waals surface area contributed by atoms with Crippen LogP contribution in [0.25, 0.3) is 0 Å². The molecule has 0 fully saturated rings. The summed E-state index contributed by atoms with van der Waals surface area (Å²) in [5.74, 6) is -0.381. The van der Waals surface area contributed by atoms with Gasteiger partial charge in [-0.3, -0.25) is 4.79 Å². The van der Waals surface area contributed by atoms with E-state index in [-0.39, 0.29) is 18.0 Å². The van der Waals surface area contributed by atoms with Crippen molar-refractivity contribution in [1.82, 2.24) is 9.59 Å². The minimum Gasteiger partial charge on any atom is -0.293 e. The Bertz CT molecular complexity index is 570. The summed E-state index contributed by atoms with van der Waals surface area (Å²) in [7, 11) is 0. The van der Waals surface area contributed by atoms with Gasteiger partial charge in [-0.05, 0) is 36.2 Å². The summed E-state index contributed by atoms with van der Waals surface area (Å²) in [6.07, 6.45) is 0.214. The van der Waals surface area contributed by atoms with Gasteiger partial charge in [-0.1, -0.05) is 26.5 Å². The fourth-order valence-corrected chi connectivity index (χ4v) is 2.49. The Labute approximate surface area is 110 Å². The predicted molar refractivity (Wildman–Crippen MR) is 66.8 cm³/mol. The number of halogens is 2. The fraction of sp³-hybridized carbons (Fsp3) is 0.182. The van der Waals surface area contributed by atoms with E-state index in [2.05, 4.69) is 25.5 Å². The third-order valence-electron chi connectivity index (χ3n) is 2.27. The van der Waals surface area contributed by atoms with E-state index in [0.717, 1.165) is 17.1 Å². The minimum atomic E-state index is -0.330. The molecule has 3 nitrogen and oxygen atoms in total. The highest BCUT2D eigenvalue weighted by Gasteiger charge is 2.15. The summed E-state index contributed by atoms with van der Waals surface area (Å²) >= 11 is 4.32. The van der Waals surface area contributed by atoms with Crippen LogP contribution in [0.2, 0.25) is 0 Å². The van der Waals surface area contributed by atoms with Gasteiger partial charge in [0.2, 0.25) is 0 Å². The number of aromatic nitrogens is 2. The second-order valence-electron chi connectivity index (χ2n) is 3.52. The van der Waals surface area contributed by atoms with Crippen LogP contribution in [0.15, 0.2) is 22.7 Å². The van der Waals surface area contributed by atoms with E-state index in [0.29, 0.717) is 15.0 Å². The molecule has 1 aromatic carbocycles. The third-order valence-corrected chi connectivity index (χ3v) is 3.88. The Morgan fingerprint density at radius 3 is 2.88 bits per heavy atom. The quantitative estimate of drug-likeness (QED) is 0.817. The van der Waals surface area contributed by atoms with Gasteiger partial charge in [-0.15, -0.1) is 5.10 Å². The molecule has 1 aromatic heterocycles. The molecule has 17 heavy (non-hydrogen) atoms. The van der Waals surface area contributed by atoms with Gasteiger partial charge in [-0.2, -0.15) is 0 Å². The van der Waals surface area contributed by atoms with Crippen LogP contribution in [0.1, 0.15) is 20.9 Å². The molecule has 2 rings (SSSR count). The second kappa shape index (κ2) is 5.01. The maximum atomic E-state index is 12.9. The number of rotatable bonds is 3. The van der Waals surface area contributed by atoms with Gasteiger partial charge in [0, 0.05) is 10.9 Å². The summed E-state index contributed by atoms with van der Waals surface area (Å²) < 4.78 is 17.2. The van der Waals surface area contributed by atoms with Gasteiger partial charge in [0.25, 0.3) is 0 Å². The number of aryl methyl sites for hydroxylation is 1. The molecule has 0 unspecified atom stereocenters. The van der Waals surface area contributed by atoms with E-state index in [1.54, 1.807) is 13.0 Å². The first kappa shape index (κ1) is 12.3. The standard InChI is InChI=1S/C11H8BrFN2OS/c1-6-11(17-15-14-6)10(16)4-7-2-3-8(13)5-9(7)12/h2-3,5H,4H2,1H3. The molecule has 0 N–H and O–H groups in total.